The van der Waals surface area contributed by atoms with Gasteiger partial charge in [0.1, 0.15) is 5.82 Å². The maximum Gasteiger partial charge on any atom is 0.235 e. The van der Waals surface area contributed by atoms with Crippen molar-refractivity contribution in [1.82, 2.24) is 0 Å². The lowest BCUT2D eigenvalue weighted by atomic mass is 9.94. The van der Waals surface area contributed by atoms with Gasteiger partial charge >= 0.3 is 0 Å². The van der Waals surface area contributed by atoms with Crippen LogP contribution in [0.25, 0.3) is 0 Å². The Bertz CT molecular complexity index is 908. The van der Waals surface area contributed by atoms with Crippen molar-refractivity contribution in [3.63, 3.8) is 0 Å². The summed E-state index contributed by atoms with van der Waals surface area (Å²) in [5, 5.41) is 1.14. The highest BCUT2D eigenvalue weighted by Crippen LogP contribution is 2.29. The lowest BCUT2D eigenvalue weighted by Crippen LogP contribution is -2.43. The molecular weight excluding hydrogens is 353 g/mol. The van der Waals surface area contributed by atoms with E-state index in [1.54, 1.807) is 0 Å². The average Bonchev–Trinajstić information content (AvgIpc) is 2.98. The molecule has 2 aromatic rings. The van der Waals surface area contributed by atoms with Gasteiger partial charge in [0.2, 0.25) is 5.91 Å². The smallest absolute Gasteiger partial charge is 0.235 e. The molecule has 2 aromatic carbocycles. The van der Waals surface area contributed by atoms with Crippen LogP contribution in [0.1, 0.15) is 24.8 Å². The molecule has 0 bridgehead atoms. The molecular formula is C20H20FNO3S. The van der Waals surface area contributed by atoms with Crippen molar-refractivity contribution in [1.29, 1.82) is 0 Å². The molecule has 1 heterocycles. The SMILES string of the molecule is CC[C@@H](C(=O)N(c1ccc(F)cc1)[C@H]1C=CS(=O)(=O)C1)c1ccccc1. The molecule has 3 rings (SSSR count). The molecule has 1 aliphatic rings. The minimum Gasteiger partial charge on any atom is -0.304 e. The van der Waals surface area contributed by atoms with E-state index in [1.807, 2.05) is 37.3 Å². The number of amides is 1. The van der Waals surface area contributed by atoms with E-state index in [2.05, 4.69) is 0 Å². The normalized spacial score (nSPS) is 19.2. The minimum absolute atomic E-state index is 0.165. The second-order valence-electron chi connectivity index (χ2n) is 6.28. The highest BCUT2D eigenvalue weighted by Gasteiger charge is 2.34. The number of halogens is 1. The van der Waals surface area contributed by atoms with Crippen molar-refractivity contribution < 1.29 is 17.6 Å². The van der Waals surface area contributed by atoms with Gasteiger partial charge in [-0.05, 0) is 42.3 Å². The standard InChI is InChI=1S/C20H20FNO3S/c1-2-19(15-6-4-3-5-7-15)20(23)22(17-10-8-16(21)9-11-17)18-12-13-26(24,25)14-18/h3-13,18-19H,2,14H2,1H3/t18-,19+/m0/s1. The molecule has 0 N–H and O–H groups in total. The minimum atomic E-state index is -3.34. The van der Waals surface area contributed by atoms with E-state index in [-0.39, 0.29) is 11.7 Å². The number of hydrogen-bond donors (Lipinski definition) is 0. The van der Waals surface area contributed by atoms with Crippen molar-refractivity contribution in [3.05, 3.63) is 77.5 Å². The van der Waals surface area contributed by atoms with Crippen LogP contribution in [0.4, 0.5) is 10.1 Å². The van der Waals surface area contributed by atoms with Gasteiger partial charge in [-0.15, -0.1) is 0 Å². The summed E-state index contributed by atoms with van der Waals surface area (Å²) in [4.78, 5) is 14.8. The van der Waals surface area contributed by atoms with Gasteiger partial charge < -0.3 is 4.90 Å². The summed E-state index contributed by atoms with van der Waals surface area (Å²) in [6.07, 6.45) is 2.10. The molecule has 0 fully saturated rings. The fraction of sp³-hybridized carbons (Fsp3) is 0.250. The number of nitrogens with zero attached hydrogens (tertiary/aromatic N) is 1. The Labute approximate surface area is 152 Å². The van der Waals surface area contributed by atoms with E-state index in [9.17, 15) is 17.6 Å². The molecule has 0 saturated heterocycles. The van der Waals surface area contributed by atoms with Crippen LogP contribution in [0.3, 0.4) is 0 Å². The van der Waals surface area contributed by atoms with Gasteiger partial charge in [0, 0.05) is 11.1 Å². The maximum absolute atomic E-state index is 13.4. The summed E-state index contributed by atoms with van der Waals surface area (Å²) in [6, 6.07) is 14.3. The summed E-state index contributed by atoms with van der Waals surface area (Å²) in [5.41, 5.74) is 1.36. The quantitative estimate of drug-likeness (QED) is 0.804. The van der Waals surface area contributed by atoms with Gasteiger partial charge in [-0.1, -0.05) is 37.3 Å². The van der Waals surface area contributed by atoms with Crippen molar-refractivity contribution in [2.24, 2.45) is 0 Å². The molecule has 0 aliphatic carbocycles. The number of anilines is 1. The van der Waals surface area contributed by atoms with Crippen LogP contribution in [-0.4, -0.2) is 26.1 Å². The van der Waals surface area contributed by atoms with Crippen LogP contribution in [0, 0.1) is 5.82 Å². The van der Waals surface area contributed by atoms with Crippen molar-refractivity contribution in [3.8, 4) is 0 Å². The summed E-state index contributed by atoms with van der Waals surface area (Å²) in [6.45, 7) is 1.92. The Kier molecular flexibility index (Phi) is 5.23. The van der Waals surface area contributed by atoms with Crippen LogP contribution in [0.5, 0.6) is 0 Å². The van der Waals surface area contributed by atoms with Crippen molar-refractivity contribution >= 4 is 21.4 Å². The molecule has 136 valence electrons. The maximum atomic E-state index is 13.4. The molecule has 1 amide bonds. The Morgan fingerprint density at radius 1 is 1.15 bits per heavy atom. The predicted octanol–water partition coefficient (Wildman–Crippen LogP) is 3.66. The monoisotopic (exact) mass is 373 g/mol. The van der Waals surface area contributed by atoms with Crippen molar-refractivity contribution in [2.75, 3.05) is 10.7 Å². The van der Waals surface area contributed by atoms with E-state index >= 15 is 0 Å². The summed E-state index contributed by atoms with van der Waals surface area (Å²) in [7, 11) is -3.34. The fourth-order valence-corrected chi connectivity index (χ4v) is 4.48. The van der Waals surface area contributed by atoms with Gasteiger partial charge in [0.15, 0.2) is 9.84 Å². The molecule has 2 atom stereocenters. The first-order valence-corrected chi connectivity index (χ1v) is 10.2. The third-order valence-electron chi connectivity index (χ3n) is 4.49. The molecule has 26 heavy (non-hydrogen) atoms. The predicted molar refractivity (Wildman–Crippen MR) is 100 cm³/mol. The lowest BCUT2D eigenvalue weighted by molar-refractivity contribution is -0.120. The van der Waals surface area contributed by atoms with E-state index in [0.717, 1.165) is 11.0 Å². The highest BCUT2D eigenvalue weighted by molar-refractivity contribution is 7.94. The first kappa shape index (κ1) is 18.3. The molecule has 0 unspecified atom stereocenters. The zero-order valence-electron chi connectivity index (χ0n) is 14.4. The van der Waals surface area contributed by atoms with E-state index in [0.29, 0.717) is 12.1 Å². The number of carbonyl (C=O) groups excluding carboxylic acids is 1. The summed E-state index contributed by atoms with van der Waals surface area (Å²) in [5.74, 6) is -1.18. The van der Waals surface area contributed by atoms with Crippen LogP contribution >= 0.6 is 0 Å². The topological polar surface area (TPSA) is 54.5 Å². The number of hydrogen-bond acceptors (Lipinski definition) is 3. The van der Waals surface area contributed by atoms with E-state index < -0.39 is 27.6 Å². The third-order valence-corrected chi connectivity index (χ3v) is 5.87. The molecule has 6 heteroatoms. The Morgan fingerprint density at radius 2 is 1.81 bits per heavy atom. The van der Waals surface area contributed by atoms with Gasteiger partial charge in [0.25, 0.3) is 0 Å². The Balaban J connectivity index is 2.01. The van der Waals surface area contributed by atoms with Crippen LogP contribution in [0.15, 0.2) is 66.1 Å². The molecule has 0 aromatic heterocycles. The number of carbonyl (C=O) groups is 1. The number of benzene rings is 2. The Hall–Kier alpha value is -2.47. The second kappa shape index (κ2) is 7.41. The van der Waals surface area contributed by atoms with Crippen LogP contribution < -0.4 is 4.90 Å². The zero-order chi connectivity index (χ0) is 18.7. The van der Waals surface area contributed by atoms with Gasteiger partial charge in [-0.2, -0.15) is 0 Å². The van der Waals surface area contributed by atoms with Crippen LogP contribution in [-0.2, 0) is 14.6 Å². The fourth-order valence-electron chi connectivity index (χ4n) is 3.21. The molecule has 4 nitrogen and oxygen atoms in total. The average molecular weight is 373 g/mol. The van der Waals surface area contributed by atoms with E-state index in [4.69, 9.17) is 0 Å². The molecule has 0 spiro atoms. The van der Waals surface area contributed by atoms with Crippen molar-refractivity contribution in [2.45, 2.75) is 25.3 Å². The third kappa shape index (κ3) is 3.85. The summed E-state index contributed by atoms with van der Waals surface area (Å²) < 4.78 is 37.1. The zero-order valence-corrected chi connectivity index (χ0v) is 15.2. The Morgan fingerprint density at radius 3 is 2.35 bits per heavy atom. The molecule has 0 radical (unpaired) electrons. The number of sulfone groups is 1. The first-order chi connectivity index (χ1) is 12.4. The second-order valence-corrected chi connectivity index (χ2v) is 8.21. The number of rotatable bonds is 5. The summed E-state index contributed by atoms with van der Waals surface area (Å²) >= 11 is 0. The first-order valence-electron chi connectivity index (χ1n) is 8.46. The van der Waals surface area contributed by atoms with Gasteiger partial charge in [-0.25, -0.2) is 12.8 Å². The largest absolute Gasteiger partial charge is 0.304 e. The van der Waals surface area contributed by atoms with Crippen LogP contribution in [0.2, 0.25) is 0 Å². The molecule has 0 saturated carbocycles. The van der Waals surface area contributed by atoms with Gasteiger partial charge in [-0.3, -0.25) is 4.79 Å². The van der Waals surface area contributed by atoms with E-state index in [1.165, 1.54) is 35.2 Å². The molecule has 1 aliphatic heterocycles. The van der Waals surface area contributed by atoms with Gasteiger partial charge in [0.05, 0.1) is 17.7 Å². The highest BCUT2D eigenvalue weighted by atomic mass is 32.2. The lowest BCUT2D eigenvalue weighted by Gasteiger charge is -2.31.